The zero-order valence-corrected chi connectivity index (χ0v) is 20.3. The van der Waals surface area contributed by atoms with E-state index in [9.17, 15) is 14.7 Å². The highest BCUT2D eigenvalue weighted by Crippen LogP contribution is 2.36. The van der Waals surface area contributed by atoms with Gasteiger partial charge in [-0.15, -0.1) is 11.3 Å². The number of hydrogen-bond donors (Lipinski definition) is 2. The van der Waals surface area contributed by atoms with E-state index >= 15 is 0 Å². The quantitative estimate of drug-likeness (QED) is 0.464. The highest BCUT2D eigenvalue weighted by Gasteiger charge is 2.34. The molecule has 2 atom stereocenters. The minimum Gasteiger partial charge on any atom is -0.455 e. The zero-order valence-electron chi connectivity index (χ0n) is 19.5. The summed E-state index contributed by atoms with van der Waals surface area (Å²) in [5.74, 6) is 1.000. The van der Waals surface area contributed by atoms with E-state index in [4.69, 9.17) is 4.74 Å². The number of benzene rings is 1. The molecule has 3 aromatic heterocycles. The molecule has 2 N–H and O–H groups in total. The van der Waals surface area contributed by atoms with E-state index < -0.39 is 6.10 Å². The molecule has 34 heavy (non-hydrogen) atoms. The van der Waals surface area contributed by atoms with Crippen LogP contribution in [0.3, 0.4) is 0 Å². The lowest BCUT2D eigenvalue weighted by molar-refractivity contribution is 0.0666. The Balaban J connectivity index is 1.51. The van der Waals surface area contributed by atoms with Crippen LogP contribution >= 0.6 is 11.3 Å². The lowest BCUT2D eigenvalue weighted by Crippen LogP contribution is -2.37. The number of aryl methyl sites for hydroxylation is 2. The van der Waals surface area contributed by atoms with Gasteiger partial charge in [0.05, 0.1) is 29.5 Å². The maximum Gasteiger partial charge on any atom is 0.256 e. The number of carbonyl (C=O) groups excluding carboxylic acids is 2. The third kappa shape index (κ3) is 3.52. The summed E-state index contributed by atoms with van der Waals surface area (Å²) in [4.78, 5) is 28.2. The van der Waals surface area contributed by atoms with Crippen LogP contribution in [0.2, 0.25) is 0 Å². The number of ether oxygens (including phenoxy) is 1. The fraction of sp³-hybridized carbons (Fsp3) is 0.320. The number of thiophene rings is 1. The standard InChI is InChI=1S/C25H26N4O4S/c1-13-18(25(32)28-10-8-19(30)14(28)2)12-29-23(13)20(7-9-27-29)33-16-5-6-17-21(11-16)34-15(3)22(17)24(31)26-4/h5-7,9,11-12,14,19,30H,8,10H2,1-4H3,(H,26,31)/t14-,19-/m1/s1. The fourth-order valence-electron chi connectivity index (χ4n) is 4.68. The second-order valence-electron chi connectivity index (χ2n) is 8.62. The van der Waals surface area contributed by atoms with Gasteiger partial charge in [0.15, 0.2) is 5.75 Å². The maximum atomic E-state index is 13.2. The summed E-state index contributed by atoms with van der Waals surface area (Å²) in [7, 11) is 1.63. The second kappa shape index (κ2) is 8.41. The number of hydrogen-bond acceptors (Lipinski definition) is 6. The lowest BCUT2D eigenvalue weighted by atomic mass is 10.1. The Kier molecular flexibility index (Phi) is 5.53. The first kappa shape index (κ1) is 22.4. The smallest absolute Gasteiger partial charge is 0.256 e. The zero-order chi connectivity index (χ0) is 24.1. The van der Waals surface area contributed by atoms with Gasteiger partial charge in [-0.25, -0.2) is 4.52 Å². The molecule has 176 valence electrons. The maximum absolute atomic E-state index is 13.2. The molecule has 4 heterocycles. The molecule has 1 saturated heterocycles. The van der Waals surface area contributed by atoms with Gasteiger partial charge in [-0.1, -0.05) is 0 Å². The Labute approximate surface area is 200 Å². The molecular formula is C25H26N4O4S. The average molecular weight is 479 g/mol. The number of aliphatic hydroxyl groups excluding tert-OH is 1. The second-order valence-corrected chi connectivity index (χ2v) is 9.88. The molecule has 0 bridgehead atoms. The molecule has 2 amide bonds. The minimum absolute atomic E-state index is 0.103. The van der Waals surface area contributed by atoms with Crippen molar-refractivity contribution in [2.24, 2.45) is 0 Å². The number of carbonyl (C=O) groups is 2. The van der Waals surface area contributed by atoms with Crippen LogP contribution < -0.4 is 10.1 Å². The van der Waals surface area contributed by atoms with Gasteiger partial charge in [0, 0.05) is 40.8 Å². The molecule has 8 nitrogen and oxygen atoms in total. The first-order valence-corrected chi connectivity index (χ1v) is 12.0. The van der Waals surface area contributed by atoms with Crippen molar-refractivity contribution in [3.63, 3.8) is 0 Å². The lowest BCUT2D eigenvalue weighted by Gasteiger charge is -2.22. The molecule has 0 aliphatic carbocycles. The summed E-state index contributed by atoms with van der Waals surface area (Å²) in [5.41, 5.74) is 2.72. The molecule has 1 aliphatic rings. The van der Waals surface area contributed by atoms with E-state index in [-0.39, 0.29) is 17.9 Å². The normalized spacial score (nSPS) is 18.1. The van der Waals surface area contributed by atoms with E-state index in [0.29, 0.717) is 41.1 Å². The van der Waals surface area contributed by atoms with Crippen LogP contribution in [0.4, 0.5) is 0 Å². The summed E-state index contributed by atoms with van der Waals surface area (Å²) >= 11 is 1.55. The third-order valence-electron chi connectivity index (χ3n) is 6.62. The number of nitrogens with one attached hydrogen (secondary N) is 1. The molecular weight excluding hydrogens is 452 g/mol. The number of amides is 2. The van der Waals surface area contributed by atoms with Crippen LogP contribution in [0.5, 0.6) is 11.5 Å². The monoisotopic (exact) mass is 478 g/mol. The van der Waals surface area contributed by atoms with Crippen molar-refractivity contribution in [3.05, 3.63) is 58.2 Å². The topological polar surface area (TPSA) is 96.2 Å². The summed E-state index contributed by atoms with van der Waals surface area (Å²) in [6.07, 6.45) is 3.44. The van der Waals surface area contributed by atoms with Gasteiger partial charge in [-0.3, -0.25) is 9.59 Å². The van der Waals surface area contributed by atoms with E-state index in [0.717, 1.165) is 20.5 Å². The Morgan fingerprint density at radius 3 is 2.76 bits per heavy atom. The van der Waals surface area contributed by atoms with Gasteiger partial charge in [-0.2, -0.15) is 5.10 Å². The van der Waals surface area contributed by atoms with Crippen LogP contribution in [-0.2, 0) is 0 Å². The number of fused-ring (bicyclic) bond motifs is 2. The van der Waals surface area contributed by atoms with Crippen LogP contribution in [-0.4, -0.2) is 57.2 Å². The molecule has 0 radical (unpaired) electrons. The molecule has 1 aliphatic heterocycles. The predicted molar refractivity (Wildman–Crippen MR) is 131 cm³/mol. The molecule has 1 aromatic carbocycles. The van der Waals surface area contributed by atoms with Crippen molar-refractivity contribution in [1.29, 1.82) is 0 Å². The minimum atomic E-state index is -0.502. The van der Waals surface area contributed by atoms with Gasteiger partial charge in [0.2, 0.25) is 0 Å². The highest BCUT2D eigenvalue weighted by atomic mass is 32.1. The Morgan fingerprint density at radius 1 is 1.26 bits per heavy atom. The van der Waals surface area contributed by atoms with Gasteiger partial charge < -0.3 is 20.1 Å². The first-order chi connectivity index (χ1) is 16.3. The van der Waals surface area contributed by atoms with E-state index in [1.54, 1.807) is 46.3 Å². The predicted octanol–water partition coefficient (Wildman–Crippen LogP) is 3.91. The van der Waals surface area contributed by atoms with Crippen LogP contribution in [0, 0.1) is 13.8 Å². The molecule has 9 heteroatoms. The van der Waals surface area contributed by atoms with Crippen molar-refractivity contribution in [2.45, 2.75) is 39.3 Å². The van der Waals surface area contributed by atoms with Crippen LogP contribution in [0.25, 0.3) is 15.6 Å². The fourth-order valence-corrected chi connectivity index (χ4v) is 5.77. The number of nitrogens with zero attached hydrogens (tertiary/aromatic N) is 3. The summed E-state index contributed by atoms with van der Waals surface area (Å²) in [6.45, 7) is 6.22. The first-order valence-electron chi connectivity index (χ1n) is 11.2. The Bertz CT molecular complexity index is 1440. The van der Waals surface area contributed by atoms with Crippen molar-refractivity contribution in [2.75, 3.05) is 13.6 Å². The molecule has 0 saturated carbocycles. The number of likely N-dealkylation sites (tertiary alicyclic amines) is 1. The number of rotatable bonds is 4. The number of aromatic nitrogens is 2. The Hall–Kier alpha value is -3.43. The van der Waals surface area contributed by atoms with Gasteiger partial charge >= 0.3 is 0 Å². The summed E-state index contributed by atoms with van der Waals surface area (Å²) < 4.78 is 8.87. The van der Waals surface area contributed by atoms with E-state index in [1.807, 2.05) is 39.0 Å². The van der Waals surface area contributed by atoms with E-state index in [2.05, 4.69) is 10.4 Å². The largest absolute Gasteiger partial charge is 0.455 e. The van der Waals surface area contributed by atoms with Crippen molar-refractivity contribution < 1.29 is 19.4 Å². The molecule has 0 unspecified atom stereocenters. The molecule has 4 aromatic rings. The van der Waals surface area contributed by atoms with Gasteiger partial charge in [0.25, 0.3) is 11.8 Å². The molecule has 5 rings (SSSR count). The van der Waals surface area contributed by atoms with Crippen molar-refractivity contribution >= 4 is 38.8 Å². The number of aliphatic hydroxyl groups is 1. The SMILES string of the molecule is CNC(=O)c1c(C)sc2cc(Oc3ccnn4cc(C(=O)N5CC[C@@H](O)[C@H]5C)c(C)c34)ccc12. The average Bonchev–Trinajstić information content (AvgIpc) is 3.45. The van der Waals surface area contributed by atoms with Crippen molar-refractivity contribution in [3.8, 4) is 11.5 Å². The van der Waals surface area contributed by atoms with Gasteiger partial charge in [0.1, 0.15) is 11.3 Å². The summed E-state index contributed by atoms with van der Waals surface area (Å²) in [6, 6.07) is 7.22. The molecule has 1 fully saturated rings. The van der Waals surface area contributed by atoms with Gasteiger partial charge in [-0.05, 0) is 51.0 Å². The van der Waals surface area contributed by atoms with E-state index in [1.165, 1.54) is 0 Å². The van der Waals surface area contributed by atoms with Crippen LogP contribution in [0.1, 0.15) is 44.5 Å². The van der Waals surface area contributed by atoms with Crippen molar-refractivity contribution in [1.82, 2.24) is 19.8 Å². The Morgan fingerprint density at radius 2 is 2.06 bits per heavy atom. The summed E-state index contributed by atoms with van der Waals surface area (Å²) in [5, 5.41) is 18.0. The molecule has 0 spiro atoms. The third-order valence-corrected chi connectivity index (χ3v) is 7.68. The van der Waals surface area contributed by atoms with Crippen LogP contribution in [0.15, 0.2) is 36.7 Å². The highest BCUT2D eigenvalue weighted by molar-refractivity contribution is 7.19.